The molecule has 0 saturated heterocycles. The van der Waals surface area contributed by atoms with Crippen LogP contribution in [0.3, 0.4) is 0 Å². The first-order valence-electron chi connectivity index (χ1n) is 13.0. The fourth-order valence-electron chi connectivity index (χ4n) is 3.82. The van der Waals surface area contributed by atoms with Crippen LogP contribution in [0.25, 0.3) is 0 Å². The van der Waals surface area contributed by atoms with E-state index >= 15 is 0 Å². The van der Waals surface area contributed by atoms with Gasteiger partial charge in [0.25, 0.3) is 0 Å². The topological polar surface area (TPSA) is 162 Å². The van der Waals surface area contributed by atoms with Crippen LogP contribution in [0, 0.1) is 0 Å². The molecule has 10 heteroatoms. The molecule has 0 radical (unpaired) electrons. The van der Waals surface area contributed by atoms with Crippen molar-refractivity contribution in [3.8, 4) is 0 Å². The minimum Gasteiger partial charge on any atom is -0.402 e. The first-order chi connectivity index (χ1) is 18.7. The number of hydrogen-bond acceptors (Lipinski definition) is 8. The summed E-state index contributed by atoms with van der Waals surface area (Å²) in [4.78, 5) is 24.8. The molecule has 0 aliphatic heterocycles. The number of nitrogens with one attached hydrogen (secondary N) is 2. The molecule has 9 nitrogen and oxygen atoms in total. The number of nitrogens with zero attached hydrogens (tertiary/aromatic N) is 2. The van der Waals surface area contributed by atoms with Gasteiger partial charge in [-0.2, -0.15) is 0 Å². The van der Waals surface area contributed by atoms with Crippen LogP contribution in [0.1, 0.15) is 66.8 Å². The molecule has 2 amide bonds. The van der Waals surface area contributed by atoms with Crippen LogP contribution in [0.4, 0.5) is 5.13 Å². The molecule has 3 aromatic rings. The lowest BCUT2D eigenvalue weighted by atomic mass is 10.0. The Labute approximate surface area is 233 Å². The molecule has 2 atom stereocenters. The highest BCUT2D eigenvalue weighted by molar-refractivity contribution is 7.15. The van der Waals surface area contributed by atoms with E-state index < -0.39 is 0 Å². The van der Waals surface area contributed by atoms with E-state index in [9.17, 15) is 9.59 Å². The lowest BCUT2D eigenvalue weighted by Gasteiger charge is -2.10. The third-order valence-corrected chi connectivity index (χ3v) is 7.00. The van der Waals surface area contributed by atoms with Crippen LogP contribution in [0.5, 0.6) is 0 Å². The first-order valence-corrected chi connectivity index (χ1v) is 13.8. The number of allylic oxidation sites excluding steroid dienone is 3. The van der Waals surface area contributed by atoms with Crippen molar-refractivity contribution in [2.24, 2.45) is 17.2 Å². The zero-order valence-electron chi connectivity index (χ0n) is 22.4. The molecular formula is C29H37N7O2S. The van der Waals surface area contributed by atoms with Crippen molar-refractivity contribution < 1.29 is 9.59 Å². The number of rotatable bonds is 13. The number of benzene rings is 2. The maximum atomic E-state index is 12.5. The van der Waals surface area contributed by atoms with E-state index in [4.69, 9.17) is 17.2 Å². The smallest absolute Gasteiger partial charge is 0.233 e. The highest BCUT2D eigenvalue weighted by Crippen LogP contribution is 2.21. The Hall–Kier alpha value is -4.02. The van der Waals surface area contributed by atoms with E-state index in [-0.39, 0.29) is 36.0 Å². The molecule has 1 heterocycles. The van der Waals surface area contributed by atoms with Gasteiger partial charge in [-0.15, -0.1) is 10.2 Å². The molecule has 2 aromatic carbocycles. The van der Waals surface area contributed by atoms with Gasteiger partial charge < -0.3 is 27.8 Å². The summed E-state index contributed by atoms with van der Waals surface area (Å²) in [5.74, 6) is -0.362. The number of nitrogens with two attached hydrogens (primary N) is 3. The van der Waals surface area contributed by atoms with Gasteiger partial charge in [-0.3, -0.25) is 9.59 Å². The van der Waals surface area contributed by atoms with E-state index in [2.05, 4.69) is 20.8 Å². The second-order valence-corrected chi connectivity index (χ2v) is 10.5. The van der Waals surface area contributed by atoms with Gasteiger partial charge >= 0.3 is 0 Å². The number of unbranched alkanes of at least 4 members (excludes halogenated alkanes) is 1. The molecule has 1 aromatic heterocycles. The monoisotopic (exact) mass is 547 g/mol. The lowest BCUT2D eigenvalue weighted by molar-refractivity contribution is -0.120. The fraction of sp³-hybridized carbons (Fsp3) is 0.310. The Bertz CT molecular complexity index is 1300. The van der Waals surface area contributed by atoms with E-state index in [0.29, 0.717) is 17.2 Å². The van der Waals surface area contributed by atoms with Gasteiger partial charge in [-0.1, -0.05) is 65.9 Å². The minimum atomic E-state index is -0.276. The summed E-state index contributed by atoms with van der Waals surface area (Å²) in [6, 6.07) is 17.2. The number of aryl methyl sites for hydroxylation is 1. The van der Waals surface area contributed by atoms with E-state index in [1.807, 2.05) is 68.4 Å². The van der Waals surface area contributed by atoms with Crippen molar-refractivity contribution in [2.45, 2.75) is 57.9 Å². The fourth-order valence-corrected chi connectivity index (χ4v) is 4.60. The van der Waals surface area contributed by atoms with Crippen LogP contribution in [-0.4, -0.2) is 22.0 Å². The van der Waals surface area contributed by atoms with E-state index in [0.717, 1.165) is 41.0 Å². The Morgan fingerprint density at radius 2 is 1.72 bits per heavy atom. The maximum Gasteiger partial charge on any atom is 0.233 e. The van der Waals surface area contributed by atoms with Crippen LogP contribution < -0.4 is 27.8 Å². The quantitative estimate of drug-likeness (QED) is 0.159. The van der Waals surface area contributed by atoms with Crippen molar-refractivity contribution in [2.75, 3.05) is 5.32 Å². The van der Waals surface area contributed by atoms with Crippen LogP contribution in [-0.2, 0) is 22.4 Å². The number of aromatic nitrogens is 2. The molecule has 39 heavy (non-hydrogen) atoms. The molecule has 0 fully saturated rings. The highest BCUT2D eigenvalue weighted by Gasteiger charge is 2.17. The molecule has 0 saturated carbocycles. The lowest BCUT2D eigenvalue weighted by Crippen LogP contribution is -2.28. The first kappa shape index (κ1) is 29.5. The van der Waals surface area contributed by atoms with Crippen molar-refractivity contribution >= 4 is 28.3 Å². The van der Waals surface area contributed by atoms with Gasteiger partial charge in [0.05, 0.1) is 12.3 Å². The van der Waals surface area contributed by atoms with Crippen LogP contribution in [0.15, 0.2) is 78.3 Å². The van der Waals surface area contributed by atoms with E-state index in [1.54, 1.807) is 12.2 Å². The maximum absolute atomic E-state index is 12.5. The van der Waals surface area contributed by atoms with Crippen molar-refractivity contribution in [3.63, 3.8) is 0 Å². The van der Waals surface area contributed by atoms with Gasteiger partial charge in [0.15, 0.2) is 0 Å². The SMILES string of the molecule is CC(N)c1cccc(CC(=O)N/C(N)=C/C=C(\N)CCCCc2nnc(NC(=O)C(C)c3ccccc3)s2)c1. The Morgan fingerprint density at radius 3 is 2.46 bits per heavy atom. The average Bonchev–Trinajstić information content (AvgIpc) is 3.37. The number of amides is 2. The second kappa shape index (κ2) is 14.8. The second-order valence-electron chi connectivity index (χ2n) is 9.45. The molecular weight excluding hydrogens is 510 g/mol. The standard InChI is InChI=1S/C29H37N7O2S/c1-19(22-10-4-3-5-11-22)28(38)34-29-36-35-27(39-29)14-7-6-13-24(31)15-16-25(32)33-26(37)18-21-9-8-12-23(17-21)20(2)30/h3-5,8-12,15-17,19-20H,6-7,13-14,18,30-32H2,1-2H3,(H,33,37)(H,34,36,38)/b24-15-,25-16+. The normalized spacial score (nSPS) is 13.5. The zero-order valence-corrected chi connectivity index (χ0v) is 23.2. The van der Waals surface area contributed by atoms with Crippen molar-refractivity contribution in [1.82, 2.24) is 15.5 Å². The largest absolute Gasteiger partial charge is 0.402 e. The third-order valence-electron chi connectivity index (χ3n) is 6.10. The van der Waals surface area contributed by atoms with Gasteiger partial charge in [0.2, 0.25) is 16.9 Å². The summed E-state index contributed by atoms with van der Waals surface area (Å²) in [6.07, 6.45) is 6.66. The van der Waals surface area contributed by atoms with Crippen molar-refractivity contribution in [3.05, 3.63) is 100.0 Å². The van der Waals surface area contributed by atoms with E-state index in [1.165, 1.54) is 11.3 Å². The highest BCUT2D eigenvalue weighted by atomic mass is 32.1. The predicted octanol–water partition coefficient (Wildman–Crippen LogP) is 4.01. The number of hydrogen-bond donors (Lipinski definition) is 5. The number of carbonyl (C=O) groups excluding carboxylic acids is 2. The summed E-state index contributed by atoms with van der Waals surface area (Å²) >= 11 is 1.38. The van der Waals surface area contributed by atoms with Gasteiger partial charge in [0, 0.05) is 18.2 Å². The molecule has 2 unspecified atom stereocenters. The Kier molecular flexibility index (Phi) is 11.2. The summed E-state index contributed by atoms with van der Waals surface area (Å²) in [7, 11) is 0. The van der Waals surface area contributed by atoms with Gasteiger partial charge in [-0.25, -0.2) is 0 Å². The average molecular weight is 548 g/mol. The Balaban J connectivity index is 1.37. The van der Waals surface area contributed by atoms with Crippen LogP contribution in [0.2, 0.25) is 0 Å². The molecule has 0 aliphatic carbocycles. The summed E-state index contributed by atoms with van der Waals surface area (Å²) in [6.45, 7) is 3.77. The zero-order chi connectivity index (χ0) is 28.2. The van der Waals surface area contributed by atoms with Crippen molar-refractivity contribution in [1.29, 1.82) is 0 Å². The molecule has 0 aliphatic rings. The molecule has 0 bridgehead atoms. The predicted molar refractivity (Wildman–Crippen MR) is 156 cm³/mol. The minimum absolute atomic E-state index is 0.0939. The molecule has 8 N–H and O–H groups in total. The number of carbonyl (C=O) groups is 2. The molecule has 0 spiro atoms. The van der Waals surface area contributed by atoms with Crippen LogP contribution >= 0.6 is 11.3 Å². The molecule has 3 rings (SSSR count). The van der Waals surface area contributed by atoms with Gasteiger partial charge in [-0.05, 0) is 62.0 Å². The summed E-state index contributed by atoms with van der Waals surface area (Å²) < 4.78 is 0. The third kappa shape index (κ3) is 9.99. The summed E-state index contributed by atoms with van der Waals surface area (Å²) in [5.41, 5.74) is 21.4. The summed E-state index contributed by atoms with van der Waals surface area (Å²) in [5, 5.41) is 15.2. The molecule has 206 valence electrons. The Morgan fingerprint density at radius 1 is 0.974 bits per heavy atom. The number of anilines is 1. The van der Waals surface area contributed by atoms with Gasteiger partial charge in [0.1, 0.15) is 10.8 Å².